The highest BCUT2D eigenvalue weighted by atomic mass is 19.4. The van der Waals surface area contributed by atoms with E-state index < -0.39 is 43.6 Å². The van der Waals surface area contributed by atoms with Gasteiger partial charge in [0.25, 0.3) is 0 Å². The number of halogens is 7. The molecule has 1 heterocycles. The van der Waals surface area contributed by atoms with Gasteiger partial charge in [-0.25, -0.2) is 4.79 Å². The molecule has 1 fully saturated rings. The van der Waals surface area contributed by atoms with E-state index in [2.05, 4.69) is 14.2 Å². The minimum Gasteiger partial charge on any atom is -0.427 e. The van der Waals surface area contributed by atoms with Crippen LogP contribution in [0.4, 0.5) is 35.5 Å². The van der Waals surface area contributed by atoms with Gasteiger partial charge in [-0.1, -0.05) is 0 Å². The van der Waals surface area contributed by atoms with Crippen molar-refractivity contribution in [1.29, 1.82) is 0 Å². The molecule has 5 nitrogen and oxygen atoms in total. The Bertz CT molecular complexity index is 390. The van der Waals surface area contributed by atoms with Gasteiger partial charge >= 0.3 is 24.4 Å². The molecule has 0 radical (unpaired) electrons. The Kier molecular flexibility index (Phi) is 3.93. The first-order chi connectivity index (χ1) is 8.45. The summed E-state index contributed by atoms with van der Waals surface area (Å²) in [5.74, 6) is -5.92. The van der Waals surface area contributed by atoms with Crippen molar-refractivity contribution in [3.63, 3.8) is 0 Å². The van der Waals surface area contributed by atoms with E-state index in [1.54, 1.807) is 0 Å². The van der Waals surface area contributed by atoms with Gasteiger partial charge < -0.3 is 14.2 Å². The third kappa shape index (κ3) is 3.94. The molecule has 1 saturated heterocycles. The molecule has 0 N–H and O–H groups in total. The Hall–Kier alpha value is -1.59. The van der Waals surface area contributed by atoms with Gasteiger partial charge in [0, 0.05) is 0 Å². The molecule has 1 aliphatic rings. The number of carbonyl (C=O) groups is 1. The minimum atomic E-state index is -5.32. The average Bonchev–Trinajstić information content (AvgIpc) is 2.55. The van der Waals surface area contributed by atoms with E-state index in [4.69, 9.17) is 0 Å². The number of hydrogen-bond donors (Lipinski definition) is 0. The fourth-order valence-corrected chi connectivity index (χ4v) is 0.986. The zero-order chi connectivity index (χ0) is 14.9. The molecule has 0 saturated carbocycles. The van der Waals surface area contributed by atoms with E-state index in [9.17, 15) is 35.5 Å². The summed E-state index contributed by atoms with van der Waals surface area (Å²) in [5.41, 5.74) is 0. The van der Waals surface area contributed by atoms with Crippen LogP contribution in [0.2, 0.25) is 0 Å². The van der Waals surface area contributed by atoms with Crippen LogP contribution in [0.5, 0.6) is 0 Å². The Morgan fingerprint density at radius 3 is 2.26 bits per heavy atom. The van der Waals surface area contributed by atoms with E-state index in [0.29, 0.717) is 0 Å². The van der Waals surface area contributed by atoms with Crippen molar-refractivity contribution in [3.8, 4) is 0 Å². The van der Waals surface area contributed by atoms with Crippen molar-refractivity contribution < 1.29 is 49.7 Å². The van der Waals surface area contributed by atoms with Crippen LogP contribution < -0.4 is 0 Å². The third-order valence-corrected chi connectivity index (χ3v) is 1.73. The Balaban J connectivity index is 2.77. The van der Waals surface area contributed by atoms with E-state index >= 15 is 0 Å². The maximum Gasteiger partial charge on any atom is 0.511 e. The number of aliphatic imine (C=N–C) groups is 1. The Morgan fingerprint density at radius 1 is 1.32 bits per heavy atom. The van der Waals surface area contributed by atoms with Gasteiger partial charge in [0.1, 0.15) is 6.61 Å². The quantitative estimate of drug-likeness (QED) is 0.347. The van der Waals surface area contributed by atoms with Crippen LogP contribution in [0.1, 0.15) is 0 Å². The van der Waals surface area contributed by atoms with E-state index in [0.717, 1.165) is 0 Å². The van der Waals surface area contributed by atoms with Crippen molar-refractivity contribution in [2.24, 2.45) is 4.99 Å². The molecule has 0 spiro atoms. The van der Waals surface area contributed by atoms with Gasteiger partial charge in [-0.15, -0.1) is 13.2 Å². The Labute approximate surface area is 99.5 Å². The summed E-state index contributed by atoms with van der Waals surface area (Å²) in [5, 5.41) is 0. The first kappa shape index (κ1) is 15.5. The summed E-state index contributed by atoms with van der Waals surface area (Å²) in [7, 11) is 0. The lowest BCUT2D eigenvalue weighted by atomic mass is 10.3. The first-order valence-electron chi connectivity index (χ1n) is 4.33. The van der Waals surface area contributed by atoms with Crippen LogP contribution in [0.15, 0.2) is 4.99 Å². The second-order valence-electron chi connectivity index (χ2n) is 3.14. The molecule has 0 aromatic rings. The molecule has 1 rings (SSSR count). The topological polar surface area (TPSA) is 57.1 Å². The van der Waals surface area contributed by atoms with Gasteiger partial charge in [0.05, 0.1) is 0 Å². The van der Waals surface area contributed by atoms with Crippen molar-refractivity contribution in [1.82, 2.24) is 0 Å². The predicted molar refractivity (Wildman–Crippen MR) is 41.8 cm³/mol. The highest BCUT2D eigenvalue weighted by Crippen LogP contribution is 2.38. The summed E-state index contributed by atoms with van der Waals surface area (Å²) in [6.07, 6.45) is -12.4. The number of nitrogens with zero attached hydrogens (tertiary/aromatic N) is 1. The molecule has 0 aliphatic carbocycles. The van der Waals surface area contributed by atoms with Gasteiger partial charge in [-0.2, -0.15) is 22.6 Å². The number of cyclic esters (lactones) is 2. The molecule has 1 aliphatic heterocycles. The lowest BCUT2D eigenvalue weighted by Crippen LogP contribution is -2.50. The standard InChI is InChI=1S/C7H4F7NO4/c8-3(15-7(12,13)14)1-18-5(6(9,10)11)2-17-4(16)19-5/h1-2H2. The molecule has 110 valence electrons. The van der Waals surface area contributed by atoms with Crippen LogP contribution >= 0.6 is 0 Å². The van der Waals surface area contributed by atoms with E-state index in [1.807, 2.05) is 0 Å². The van der Waals surface area contributed by atoms with E-state index in [1.165, 1.54) is 4.99 Å². The third-order valence-electron chi connectivity index (χ3n) is 1.73. The van der Waals surface area contributed by atoms with Crippen LogP contribution in [0.3, 0.4) is 0 Å². The number of hydrogen-bond acceptors (Lipinski definition) is 5. The normalized spacial score (nSPS) is 25.2. The lowest BCUT2D eigenvalue weighted by molar-refractivity contribution is -0.345. The van der Waals surface area contributed by atoms with Gasteiger partial charge in [0.2, 0.25) is 5.97 Å². The highest BCUT2D eigenvalue weighted by molar-refractivity contribution is 5.76. The van der Waals surface area contributed by atoms with Crippen LogP contribution in [0.25, 0.3) is 0 Å². The number of alkyl halides is 6. The molecule has 19 heavy (non-hydrogen) atoms. The maximum atomic E-state index is 12.6. The van der Waals surface area contributed by atoms with Gasteiger partial charge in [-0.05, 0) is 0 Å². The molecule has 0 aromatic heterocycles. The molecular weight excluding hydrogens is 295 g/mol. The smallest absolute Gasteiger partial charge is 0.427 e. The number of ether oxygens (including phenoxy) is 3. The van der Waals surface area contributed by atoms with Crippen molar-refractivity contribution in [2.45, 2.75) is 18.3 Å². The van der Waals surface area contributed by atoms with Gasteiger partial charge in [0.15, 0.2) is 6.61 Å². The average molecular weight is 299 g/mol. The lowest BCUT2D eigenvalue weighted by Gasteiger charge is -2.26. The molecule has 1 atom stereocenters. The van der Waals surface area contributed by atoms with Gasteiger partial charge in [-0.3, -0.25) is 0 Å². The van der Waals surface area contributed by atoms with Crippen molar-refractivity contribution in [3.05, 3.63) is 0 Å². The largest absolute Gasteiger partial charge is 0.511 e. The van der Waals surface area contributed by atoms with Crippen molar-refractivity contribution in [2.75, 3.05) is 13.2 Å². The minimum absolute atomic E-state index is 1.46. The fourth-order valence-electron chi connectivity index (χ4n) is 0.986. The van der Waals surface area contributed by atoms with Crippen LogP contribution in [-0.4, -0.2) is 43.6 Å². The summed E-state index contributed by atoms with van der Waals surface area (Å²) >= 11 is 0. The zero-order valence-electron chi connectivity index (χ0n) is 8.64. The predicted octanol–water partition coefficient (Wildman–Crippen LogP) is 2.32. The molecule has 0 amide bonds. The molecule has 0 bridgehead atoms. The first-order valence-corrected chi connectivity index (χ1v) is 4.33. The molecule has 12 heteroatoms. The molecule has 0 aromatic carbocycles. The second kappa shape index (κ2) is 4.83. The van der Waals surface area contributed by atoms with Crippen LogP contribution in [-0.2, 0) is 14.2 Å². The number of carbonyl (C=O) groups excluding carboxylic acids is 1. The summed E-state index contributed by atoms with van der Waals surface area (Å²) in [6.45, 7) is -3.26. The zero-order valence-corrected chi connectivity index (χ0v) is 8.64. The molecule has 1 unspecified atom stereocenters. The summed E-state index contributed by atoms with van der Waals surface area (Å²) < 4.78 is 96.2. The summed E-state index contributed by atoms with van der Waals surface area (Å²) in [4.78, 5) is 11.9. The molecular formula is C7H4F7NO4. The summed E-state index contributed by atoms with van der Waals surface area (Å²) in [6, 6.07) is 0. The number of rotatable bonds is 3. The van der Waals surface area contributed by atoms with Crippen molar-refractivity contribution >= 4 is 12.1 Å². The SMILES string of the molecule is O=C1OCC(OCC(F)=NC(F)(F)F)(C(F)(F)F)O1. The fraction of sp³-hybridized carbons (Fsp3) is 0.714. The highest BCUT2D eigenvalue weighted by Gasteiger charge is 2.65. The van der Waals surface area contributed by atoms with Crippen LogP contribution in [0, 0.1) is 0 Å². The van der Waals surface area contributed by atoms with E-state index in [-0.39, 0.29) is 0 Å². The Morgan fingerprint density at radius 2 is 1.89 bits per heavy atom. The monoisotopic (exact) mass is 299 g/mol. The second-order valence-corrected chi connectivity index (χ2v) is 3.14. The maximum absolute atomic E-state index is 12.6.